The number of hydrogen-bond acceptors (Lipinski definition) is 3. The van der Waals surface area contributed by atoms with Crippen LogP contribution < -0.4 is 10.6 Å². The lowest BCUT2D eigenvalue weighted by Crippen LogP contribution is -2.56. The number of rotatable bonds is 5. The Hall–Kier alpha value is -1.85. The smallest absolute Gasteiger partial charge is 0.170 e. The number of nitrogens with zero attached hydrogens (tertiary/aromatic N) is 1. The van der Waals surface area contributed by atoms with Crippen LogP contribution in [0, 0.1) is 0 Å². The molecule has 2 N–H and O–H groups in total. The number of fused-ring (bicyclic) bond motifs is 2. The molecule has 4 rings (SSSR count). The number of benzene rings is 1. The molecule has 0 spiro atoms. The molecule has 3 heterocycles. The fourth-order valence-corrected chi connectivity index (χ4v) is 4.90. The van der Waals surface area contributed by atoms with E-state index in [0.717, 1.165) is 42.4 Å². The number of furan rings is 1. The van der Waals surface area contributed by atoms with Crippen molar-refractivity contribution >= 4 is 23.0 Å². The number of thiocarbonyl (C=S) groups is 1. The number of piperidine rings is 2. The van der Waals surface area contributed by atoms with Crippen LogP contribution >= 0.6 is 12.2 Å². The summed E-state index contributed by atoms with van der Waals surface area (Å²) in [6.45, 7) is 3.10. The van der Waals surface area contributed by atoms with Crippen molar-refractivity contribution in [1.82, 2.24) is 10.2 Å². The summed E-state index contributed by atoms with van der Waals surface area (Å²) in [4.78, 5) is 2.65. The molecule has 1 aromatic heterocycles. The third-order valence-corrected chi connectivity index (χ3v) is 6.22. The lowest BCUT2D eigenvalue weighted by Gasteiger charge is -2.48. The first-order chi connectivity index (χ1) is 13.2. The molecule has 2 atom stereocenters. The first kappa shape index (κ1) is 18.5. The second kappa shape index (κ2) is 8.44. The summed E-state index contributed by atoms with van der Waals surface area (Å²) in [5, 5.41) is 7.66. The first-order valence-electron chi connectivity index (χ1n) is 10.2. The van der Waals surface area contributed by atoms with Gasteiger partial charge in [-0.3, -0.25) is 4.90 Å². The van der Waals surface area contributed by atoms with Crippen LogP contribution in [-0.2, 0) is 13.0 Å². The molecular weight excluding hydrogens is 354 g/mol. The van der Waals surface area contributed by atoms with Crippen LogP contribution in [0.1, 0.15) is 50.4 Å². The molecular formula is C22H29N3OS. The van der Waals surface area contributed by atoms with E-state index in [1.54, 1.807) is 6.26 Å². The molecule has 2 bridgehead atoms. The molecule has 2 fully saturated rings. The van der Waals surface area contributed by atoms with Crippen molar-refractivity contribution in [2.24, 2.45) is 0 Å². The average Bonchev–Trinajstić information content (AvgIpc) is 3.16. The van der Waals surface area contributed by atoms with E-state index in [0.29, 0.717) is 18.1 Å². The second-order valence-corrected chi connectivity index (χ2v) is 8.22. The number of nitrogens with one attached hydrogen (secondary N) is 2. The van der Waals surface area contributed by atoms with Gasteiger partial charge in [-0.1, -0.05) is 25.5 Å². The zero-order valence-electron chi connectivity index (χ0n) is 16.0. The Morgan fingerprint density at radius 2 is 1.89 bits per heavy atom. The Balaban J connectivity index is 1.33. The predicted octanol–water partition coefficient (Wildman–Crippen LogP) is 4.71. The van der Waals surface area contributed by atoms with Gasteiger partial charge in [-0.15, -0.1) is 0 Å². The molecule has 0 aliphatic carbocycles. The van der Waals surface area contributed by atoms with Crippen LogP contribution in [0.2, 0.25) is 0 Å². The fourth-order valence-electron chi connectivity index (χ4n) is 4.61. The van der Waals surface area contributed by atoms with Gasteiger partial charge in [-0.25, -0.2) is 0 Å². The number of aryl methyl sites for hydroxylation is 1. The third kappa shape index (κ3) is 4.53. The minimum absolute atomic E-state index is 0.447. The monoisotopic (exact) mass is 383 g/mol. The molecule has 2 saturated heterocycles. The first-order valence-corrected chi connectivity index (χ1v) is 10.6. The minimum Gasteiger partial charge on any atom is -0.468 e. The van der Waals surface area contributed by atoms with Crippen molar-refractivity contribution in [1.29, 1.82) is 0 Å². The van der Waals surface area contributed by atoms with E-state index in [1.807, 2.05) is 6.07 Å². The molecule has 144 valence electrons. The van der Waals surface area contributed by atoms with Gasteiger partial charge in [0, 0.05) is 23.8 Å². The summed E-state index contributed by atoms with van der Waals surface area (Å²) in [5.74, 6) is 1.08. The minimum atomic E-state index is 0.447. The molecule has 2 aliphatic rings. The van der Waals surface area contributed by atoms with Crippen molar-refractivity contribution in [2.75, 3.05) is 5.32 Å². The molecule has 1 aromatic carbocycles. The lowest BCUT2D eigenvalue weighted by molar-refractivity contribution is 0.0161. The van der Waals surface area contributed by atoms with Crippen LogP contribution in [0.3, 0.4) is 0 Å². The number of anilines is 1. The Bertz CT molecular complexity index is 729. The van der Waals surface area contributed by atoms with Gasteiger partial charge in [0.15, 0.2) is 5.11 Å². The van der Waals surface area contributed by atoms with Gasteiger partial charge in [0.2, 0.25) is 0 Å². The van der Waals surface area contributed by atoms with E-state index in [-0.39, 0.29) is 0 Å². The highest BCUT2D eigenvalue weighted by molar-refractivity contribution is 7.80. The van der Waals surface area contributed by atoms with E-state index < -0.39 is 0 Å². The van der Waals surface area contributed by atoms with Crippen molar-refractivity contribution in [3.8, 4) is 0 Å². The Morgan fingerprint density at radius 1 is 1.15 bits per heavy atom. The van der Waals surface area contributed by atoms with Gasteiger partial charge in [0.25, 0.3) is 0 Å². The zero-order valence-corrected chi connectivity index (χ0v) is 16.8. The molecule has 0 amide bonds. The topological polar surface area (TPSA) is 40.4 Å². The van der Waals surface area contributed by atoms with E-state index in [4.69, 9.17) is 16.6 Å². The Labute approximate surface area is 167 Å². The van der Waals surface area contributed by atoms with Crippen LogP contribution in [0.5, 0.6) is 0 Å². The molecule has 2 aromatic rings. The second-order valence-electron chi connectivity index (χ2n) is 7.81. The van der Waals surface area contributed by atoms with Crippen LogP contribution in [0.15, 0.2) is 47.1 Å². The quantitative estimate of drug-likeness (QED) is 0.732. The number of hydrogen-bond donors (Lipinski definition) is 2. The molecule has 0 radical (unpaired) electrons. The van der Waals surface area contributed by atoms with Crippen LogP contribution in [-0.4, -0.2) is 28.1 Å². The molecule has 2 aliphatic heterocycles. The standard InChI is InChI=1S/C22H29N3OS/c1-2-16-8-10-17(11-9-16)23-22(27)24-18-13-19-5-3-6-20(14-18)25(19)15-21-7-4-12-26-21/h4,7-12,18-20H,2-3,5-6,13-15H2,1H3,(H2,23,24,27)/t19-,20-/m1/s1. The maximum absolute atomic E-state index is 5.59. The van der Waals surface area contributed by atoms with E-state index in [1.165, 1.54) is 24.8 Å². The summed E-state index contributed by atoms with van der Waals surface area (Å²) in [5.41, 5.74) is 2.40. The summed E-state index contributed by atoms with van der Waals surface area (Å²) in [7, 11) is 0. The Morgan fingerprint density at radius 3 is 2.52 bits per heavy atom. The van der Waals surface area contributed by atoms with Crippen molar-refractivity contribution < 1.29 is 4.42 Å². The van der Waals surface area contributed by atoms with Crippen molar-refractivity contribution in [3.63, 3.8) is 0 Å². The largest absolute Gasteiger partial charge is 0.468 e. The summed E-state index contributed by atoms with van der Waals surface area (Å²) >= 11 is 5.58. The van der Waals surface area contributed by atoms with Gasteiger partial charge in [0.05, 0.1) is 12.8 Å². The summed E-state index contributed by atoms with van der Waals surface area (Å²) < 4.78 is 5.59. The molecule has 5 heteroatoms. The maximum atomic E-state index is 5.59. The average molecular weight is 384 g/mol. The highest BCUT2D eigenvalue weighted by Crippen LogP contribution is 2.35. The van der Waals surface area contributed by atoms with E-state index in [9.17, 15) is 0 Å². The fraction of sp³-hybridized carbons (Fsp3) is 0.500. The summed E-state index contributed by atoms with van der Waals surface area (Å²) in [6.07, 6.45) is 9.01. The van der Waals surface area contributed by atoms with Gasteiger partial charge >= 0.3 is 0 Å². The highest BCUT2D eigenvalue weighted by Gasteiger charge is 2.38. The zero-order chi connectivity index (χ0) is 18.6. The SMILES string of the molecule is CCc1ccc(NC(=S)NC2C[C@H]3CCC[C@H](C2)N3Cc2ccco2)cc1. The van der Waals surface area contributed by atoms with Gasteiger partial charge in [-0.05, 0) is 74.2 Å². The van der Waals surface area contributed by atoms with Crippen LogP contribution in [0.25, 0.3) is 0 Å². The van der Waals surface area contributed by atoms with Gasteiger partial charge in [0.1, 0.15) is 5.76 Å². The van der Waals surface area contributed by atoms with Crippen molar-refractivity contribution in [3.05, 3.63) is 54.0 Å². The Kier molecular flexibility index (Phi) is 5.79. The molecule has 4 nitrogen and oxygen atoms in total. The molecule has 0 saturated carbocycles. The normalized spacial score (nSPS) is 25.1. The van der Waals surface area contributed by atoms with Gasteiger partial charge in [-0.2, -0.15) is 0 Å². The van der Waals surface area contributed by atoms with Gasteiger partial charge < -0.3 is 15.1 Å². The van der Waals surface area contributed by atoms with E-state index >= 15 is 0 Å². The van der Waals surface area contributed by atoms with Crippen LogP contribution in [0.4, 0.5) is 5.69 Å². The highest BCUT2D eigenvalue weighted by atomic mass is 32.1. The van der Waals surface area contributed by atoms with E-state index in [2.05, 4.69) is 52.8 Å². The van der Waals surface area contributed by atoms with Crippen molar-refractivity contribution in [2.45, 2.75) is 70.1 Å². The summed E-state index contributed by atoms with van der Waals surface area (Å²) in [6, 6.07) is 14.3. The predicted molar refractivity (Wildman–Crippen MR) is 114 cm³/mol. The molecule has 0 unspecified atom stereocenters. The molecule has 27 heavy (non-hydrogen) atoms. The lowest BCUT2D eigenvalue weighted by atomic mass is 9.81. The third-order valence-electron chi connectivity index (χ3n) is 6.00. The maximum Gasteiger partial charge on any atom is 0.170 e.